The molecule has 0 radical (unpaired) electrons. The molecular formula is C16H16Br2F2O3. The fourth-order valence-corrected chi connectivity index (χ4v) is 2.31. The van der Waals surface area contributed by atoms with Crippen LogP contribution in [0.4, 0.5) is 8.78 Å². The lowest BCUT2D eigenvalue weighted by Crippen LogP contribution is -2.27. The van der Waals surface area contributed by atoms with Crippen molar-refractivity contribution < 1.29 is 23.7 Å². The molecule has 0 fully saturated rings. The summed E-state index contributed by atoms with van der Waals surface area (Å²) >= 11 is 6.16. The monoisotopic (exact) mass is 452 g/mol. The molecule has 7 heteroatoms. The lowest BCUT2D eigenvalue weighted by Gasteiger charge is -2.17. The second-order valence-electron chi connectivity index (χ2n) is 5.33. The molecule has 2 N–H and O–H groups in total. The Morgan fingerprint density at radius 3 is 1.91 bits per heavy atom. The van der Waals surface area contributed by atoms with Gasteiger partial charge in [0.05, 0.1) is 5.60 Å². The van der Waals surface area contributed by atoms with E-state index in [1.807, 2.05) is 0 Å². The predicted octanol–water partition coefficient (Wildman–Crippen LogP) is 5.03. The Labute approximate surface area is 150 Å². The lowest BCUT2D eigenvalue weighted by atomic mass is 10.2. The van der Waals surface area contributed by atoms with Crippen molar-refractivity contribution in [2.75, 3.05) is 6.61 Å². The maximum atomic E-state index is 12.9. The highest BCUT2D eigenvalue weighted by atomic mass is 79.9. The topological polar surface area (TPSA) is 49.7 Å². The molecule has 2 aromatic rings. The van der Waals surface area contributed by atoms with Crippen LogP contribution in [-0.2, 0) is 0 Å². The molecular weight excluding hydrogens is 438 g/mol. The van der Waals surface area contributed by atoms with E-state index >= 15 is 0 Å². The third kappa shape index (κ3) is 8.88. The molecule has 0 aliphatic rings. The van der Waals surface area contributed by atoms with Crippen LogP contribution in [0.25, 0.3) is 0 Å². The van der Waals surface area contributed by atoms with E-state index in [-0.39, 0.29) is 18.2 Å². The number of ether oxygens (including phenoxy) is 1. The van der Waals surface area contributed by atoms with Gasteiger partial charge >= 0.3 is 0 Å². The Bertz CT molecular complexity index is 588. The lowest BCUT2D eigenvalue weighted by molar-refractivity contribution is 0.0283. The summed E-state index contributed by atoms with van der Waals surface area (Å²) in [6.07, 6.45) is 0. The van der Waals surface area contributed by atoms with Crippen molar-refractivity contribution in [3.8, 4) is 11.5 Å². The number of aromatic hydroxyl groups is 1. The average molecular weight is 454 g/mol. The van der Waals surface area contributed by atoms with Gasteiger partial charge in [-0.2, -0.15) is 0 Å². The molecule has 0 aliphatic carbocycles. The standard InChI is InChI=1S/C10H12BrFO2.C6H4BrFO/c1-10(2,13)6-14-9-4-7(11)3-8(12)5-9;7-4-1-5(8)3-6(9)2-4/h3-5,13H,6H2,1-2H3;1-3,9H. The zero-order valence-electron chi connectivity index (χ0n) is 12.5. The predicted molar refractivity (Wildman–Crippen MR) is 91.7 cm³/mol. The van der Waals surface area contributed by atoms with Gasteiger partial charge in [0.15, 0.2) is 0 Å². The van der Waals surface area contributed by atoms with E-state index in [4.69, 9.17) is 9.84 Å². The first-order chi connectivity index (χ1) is 10.5. The van der Waals surface area contributed by atoms with Crippen molar-refractivity contribution in [1.82, 2.24) is 0 Å². The van der Waals surface area contributed by atoms with E-state index in [0.29, 0.717) is 14.7 Å². The summed E-state index contributed by atoms with van der Waals surface area (Å²) in [6.45, 7) is 3.38. The largest absolute Gasteiger partial charge is 0.508 e. The Morgan fingerprint density at radius 1 is 0.957 bits per heavy atom. The van der Waals surface area contributed by atoms with Crippen LogP contribution >= 0.6 is 31.9 Å². The van der Waals surface area contributed by atoms with Crippen molar-refractivity contribution >= 4 is 31.9 Å². The maximum absolute atomic E-state index is 12.9. The highest BCUT2D eigenvalue weighted by Crippen LogP contribution is 2.21. The van der Waals surface area contributed by atoms with E-state index in [2.05, 4.69) is 31.9 Å². The highest BCUT2D eigenvalue weighted by molar-refractivity contribution is 9.10. The summed E-state index contributed by atoms with van der Waals surface area (Å²) in [4.78, 5) is 0. The van der Waals surface area contributed by atoms with E-state index in [0.717, 1.165) is 6.07 Å². The summed E-state index contributed by atoms with van der Waals surface area (Å²) in [5.41, 5.74) is -0.918. The fraction of sp³-hybridized carbons (Fsp3) is 0.250. The van der Waals surface area contributed by atoms with E-state index in [1.54, 1.807) is 19.9 Å². The number of phenolic OH excluding ortho intramolecular Hbond substituents is 1. The SMILES string of the molecule is CC(C)(O)COc1cc(F)cc(Br)c1.Oc1cc(F)cc(Br)c1. The van der Waals surface area contributed by atoms with Gasteiger partial charge in [-0.05, 0) is 38.1 Å². The Balaban J connectivity index is 0.000000253. The minimum Gasteiger partial charge on any atom is -0.508 e. The Kier molecular flexibility index (Phi) is 7.44. The van der Waals surface area contributed by atoms with Crippen molar-refractivity contribution in [1.29, 1.82) is 0 Å². The first-order valence-electron chi connectivity index (χ1n) is 6.51. The van der Waals surface area contributed by atoms with Gasteiger partial charge in [0, 0.05) is 21.1 Å². The summed E-state index contributed by atoms with van der Waals surface area (Å²) in [6, 6.07) is 8.01. The van der Waals surface area contributed by atoms with Gasteiger partial charge in [-0.1, -0.05) is 31.9 Å². The van der Waals surface area contributed by atoms with Crippen LogP contribution in [-0.4, -0.2) is 22.4 Å². The summed E-state index contributed by atoms with van der Waals surface area (Å²) in [5.74, 6) is -0.479. The molecule has 0 aromatic heterocycles. The third-order valence-corrected chi connectivity index (χ3v) is 3.19. The number of rotatable bonds is 3. The molecule has 0 unspecified atom stereocenters. The molecule has 0 heterocycles. The van der Waals surface area contributed by atoms with E-state index in [1.165, 1.54) is 24.3 Å². The number of phenols is 1. The van der Waals surface area contributed by atoms with Gasteiger partial charge < -0.3 is 14.9 Å². The van der Waals surface area contributed by atoms with Gasteiger partial charge in [-0.25, -0.2) is 8.78 Å². The molecule has 0 saturated carbocycles. The van der Waals surface area contributed by atoms with E-state index in [9.17, 15) is 13.9 Å². The summed E-state index contributed by atoms with van der Waals surface area (Å²) < 4.78 is 31.5. The molecule has 3 nitrogen and oxygen atoms in total. The summed E-state index contributed by atoms with van der Waals surface area (Å²) in [7, 11) is 0. The van der Waals surface area contributed by atoms with Crippen molar-refractivity contribution in [3.63, 3.8) is 0 Å². The van der Waals surface area contributed by atoms with Gasteiger partial charge in [-0.3, -0.25) is 0 Å². The minimum atomic E-state index is -0.918. The summed E-state index contributed by atoms with van der Waals surface area (Å²) in [5, 5.41) is 18.1. The normalized spacial score (nSPS) is 10.7. The number of hydrogen-bond donors (Lipinski definition) is 2. The maximum Gasteiger partial charge on any atom is 0.128 e. The first kappa shape index (κ1) is 19.9. The van der Waals surface area contributed by atoms with Gasteiger partial charge in [-0.15, -0.1) is 0 Å². The smallest absolute Gasteiger partial charge is 0.128 e. The van der Waals surface area contributed by atoms with Crippen molar-refractivity contribution in [2.24, 2.45) is 0 Å². The zero-order chi connectivity index (χ0) is 17.6. The van der Waals surface area contributed by atoms with Crippen LogP contribution in [0.2, 0.25) is 0 Å². The molecule has 2 rings (SSSR count). The van der Waals surface area contributed by atoms with Gasteiger partial charge in [0.2, 0.25) is 0 Å². The molecule has 0 aliphatic heterocycles. The fourth-order valence-electron chi connectivity index (χ4n) is 1.41. The Morgan fingerprint density at radius 2 is 1.48 bits per heavy atom. The molecule has 0 bridgehead atoms. The quantitative estimate of drug-likeness (QED) is 0.685. The van der Waals surface area contributed by atoms with Crippen LogP contribution in [0.15, 0.2) is 45.3 Å². The Hall–Kier alpha value is -1.18. The van der Waals surface area contributed by atoms with Crippen LogP contribution in [0, 0.1) is 11.6 Å². The molecule has 23 heavy (non-hydrogen) atoms. The molecule has 0 spiro atoms. The number of halogens is 4. The molecule has 0 atom stereocenters. The highest BCUT2D eigenvalue weighted by Gasteiger charge is 2.13. The van der Waals surface area contributed by atoms with Crippen LogP contribution < -0.4 is 4.74 Å². The second-order valence-corrected chi connectivity index (χ2v) is 7.17. The third-order valence-electron chi connectivity index (χ3n) is 2.28. The number of benzene rings is 2. The number of hydrogen-bond acceptors (Lipinski definition) is 3. The zero-order valence-corrected chi connectivity index (χ0v) is 15.7. The first-order valence-corrected chi connectivity index (χ1v) is 8.10. The second kappa shape index (κ2) is 8.61. The minimum absolute atomic E-state index is 0.0677. The van der Waals surface area contributed by atoms with Crippen LogP contribution in [0.5, 0.6) is 11.5 Å². The molecule has 126 valence electrons. The molecule has 2 aromatic carbocycles. The molecule has 0 amide bonds. The van der Waals surface area contributed by atoms with Crippen LogP contribution in [0.1, 0.15) is 13.8 Å². The van der Waals surface area contributed by atoms with Crippen molar-refractivity contribution in [3.05, 3.63) is 57.0 Å². The molecule has 0 saturated heterocycles. The van der Waals surface area contributed by atoms with Crippen molar-refractivity contribution in [2.45, 2.75) is 19.4 Å². The van der Waals surface area contributed by atoms with Crippen LogP contribution in [0.3, 0.4) is 0 Å². The van der Waals surface area contributed by atoms with Gasteiger partial charge in [0.25, 0.3) is 0 Å². The van der Waals surface area contributed by atoms with E-state index < -0.39 is 11.4 Å². The average Bonchev–Trinajstić information content (AvgIpc) is 2.33. The van der Waals surface area contributed by atoms with Gasteiger partial charge in [0.1, 0.15) is 29.7 Å². The number of aliphatic hydroxyl groups is 1.